The van der Waals surface area contributed by atoms with Crippen LogP contribution >= 0.6 is 0 Å². The average Bonchev–Trinajstić information content (AvgIpc) is 2.43. The quantitative estimate of drug-likeness (QED) is 0.865. The van der Waals surface area contributed by atoms with Crippen LogP contribution in [0.25, 0.3) is 0 Å². The Kier molecular flexibility index (Phi) is 6.24. The molecule has 0 aliphatic rings. The fourth-order valence-corrected chi connectivity index (χ4v) is 1.85. The molecule has 1 amide bonds. The summed E-state index contributed by atoms with van der Waals surface area (Å²) in [7, 11) is 3.03. The minimum Gasteiger partial charge on any atom is -0.497 e. The lowest BCUT2D eigenvalue weighted by Crippen LogP contribution is -2.39. The van der Waals surface area contributed by atoms with Crippen molar-refractivity contribution < 1.29 is 28.9 Å². The van der Waals surface area contributed by atoms with Crippen LogP contribution in [0.15, 0.2) is 18.2 Å². The summed E-state index contributed by atoms with van der Waals surface area (Å²) in [4.78, 5) is 24.3. The second-order valence-corrected chi connectivity index (χ2v) is 5.95. The van der Waals surface area contributed by atoms with Crippen LogP contribution in [0.4, 0.5) is 4.79 Å². The van der Waals surface area contributed by atoms with E-state index in [2.05, 4.69) is 0 Å². The first-order valence-corrected chi connectivity index (χ1v) is 7.06. The minimum absolute atomic E-state index is 0.0643. The zero-order valence-electron chi connectivity index (χ0n) is 14.1. The van der Waals surface area contributed by atoms with Gasteiger partial charge in [0.15, 0.2) is 0 Å². The maximum Gasteiger partial charge on any atom is 0.411 e. The van der Waals surface area contributed by atoms with Crippen LogP contribution in [0, 0.1) is 0 Å². The number of aliphatic carboxylic acids is 1. The molecule has 1 N–H and O–H groups in total. The second-order valence-electron chi connectivity index (χ2n) is 5.95. The van der Waals surface area contributed by atoms with Gasteiger partial charge in [-0.1, -0.05) is 0 Å². The number of nitrogens with zero attached hydrogens (tertiary/aromatic N) is 1. The highest BCUT2D eigenvalue weighted by Gasteiger charge is 2.24. The standard InChI is InChI=1S/C16H23NO6/c1-16(2,3)23-15(20)17(10-14(18)19)9-11-6-12(21-4)8-13(7-11)22-5/h6-8H,9-10H2,1-5H3,(H,18,19). The van der Waals surface area contributed by atoms with E-state index in [0.717, 1.165) is 4.90 Å². The van der Waals surface area contributed by atoms with Gasteiger partial charge in [-0.3, -0.25) is 9.69 Å². The van der Waals surface area contributed by atoms with E-state index in [4.69, 9.17) is 19.3 Å². The van der Waals surface area contributed by atoms with E-state index in [9.17, 15) is 9.59 Å². The van der Waals surface area contributed by atoms with Gasteiger partial charge in [0.25, 0.3) is 0 Å². The largest absolute Gasteiger partial charge is 0.497 e. The van der Waals surface area contributed by atoms with Crippen molar-refractivity contribution in [2.24, 2.45) is 0 Å². The number of amides is 1. The fourth-order valence-electron chi connectivity index (χ4n) is 1.85. The van der Waals surface area contributed by atoms with Crippen LogP contribution in [0.3, 0.4) is 0 Å². The molecule has 1 rings (SSSR count). The number of benzene rings is 1. The lowest BCUT2D eigenvalue weighted by atomic mass is 10.2. The summed E-state index contributed by atoms with van der Waals surface area (Å²) in [5.74, 6) is -0.0108. The molecule has 0 saturated heterocycles. The number of carboxylic acids is 1. The van der Waals surface area contributed by atoms with Crippen molar-refractivity contribution >= 4 is 12.1 Å². The number of carbonyl (C=O) groups is 2. The SMILES string of the molecule is COc1cc(CN(CC(=O)O)C(=O)OC(C)(C)C)cc(OC)c1. The first kappa shape index (κ1) is 18.6. The van der Waals surface area contributed by atoms with Crippen molar-refractivity contribution in [3.8, 4) is 11.5 Å². The Morgan fingerprint density at radius 1 is 1.09 bits per heavy atom. The van der Waals surface area contributed by atoms with Crippen LogP contribution in [0.2, 0.25) is 0 Å². The van der Waals surface area contributed by atoms with Crippen molar-refractivity contribution in [3.05, 3.63) is 23.8 Å². The molecule has 0 fully saturated rings. The molecular formula is C16H23NO6. The molecular weight excluding hydrogens is 302 g/mol. The first-order chi connectivity index (χ1) is 10.6. The molecule has 7 heteroatoms. The van der Waals surface area contributed by atoms with E-state index in [0.29, 0.717) is 17.1 Å². The Morgan fingerprint density at radius 3 is 2.00 bits per heavy atom. The summed E-state index contributed by atoms with van der Waals surface area (Å²) in [6.45, 7) is 4.76. The van der Waals surface area contributed by atoms with Crippen molar-refractivity contribution in [1.29, 1.82) is 0 Å². The molecule has 0 unspecified atom stereocenters. The predicted octanol–water partition coefficient (Wildman–Crippen LogP) is 2.53. The monoisotopic (exact) mass is 325 g/mol. The van der Waals surface area contributed by atoms with Crippen molar-refractivity contribution in [3.63, 3.8) is 0 Å². The molecule has 0 saturated carbocycles. The molecule has 0 aromatic heterocycles. The number of hydrogen-bond acceptors (Lipinski definition) is 5. The van der Waals surface area contributed by atoms with Gasteiger partial charge in [0, 0.05) is 12.6 Å². The minimum atomic E-state index is -1.12. The summed E-state index contributed by atoms with van der Waals surface area (Å²) in [6.07, 6.45) is -0.693. The summed E-state index contributed by atoms with van der Waals surface area (Å²) < 4.78 is 15.6. The van der Waals surface area contributed by atoms with Gasteiger partial charge in [-0.05, 0) is 38.5 Å². The topological polar surface area (TPSA) is 85.3 Å². The highest BCUT2D eigenvalue weighted by molar-refractivity contribution is 5.77. The van der Waals surface area contributed by atoms with Crippen molar-refractivity contribution in [1.82, 2.24) is 4.90 Å². The van der Waals surface area contributed by atoms with Crippen LogP contribution in [-0.2, 0) is 16.1 Å². The molecule has 1 aromatic carbocycles. The lowest BCUT2D eigenvalue weighted by molar-refractivity contribution is -0.138. The highest BCUT2D eigenvalue weighted by Crippen LogP contribution is 2.24. The molecule has 128 valence electrons. The summed E-state index contributed by atoms with van der Waals surface area (Å²) in [5, 5.41) is 9.01. The van der Waals surface area contributed by atoms with Gasteiger partial charge in [-0.15, -0.1) is 0 Å². The normalized spacial score (nSPS) is 10.8. The molecule has 0 radical (unpaired) electrons. The fraction of sp³-hybridized carbons (Fsp3) is 0.500. The molecule has 23 heavy (non-hydrogen) atoms. The molecule has 0 aliphatic carbocycles. The van der Waals surface area contributed by atoms with E-state index in [1.165, 1.54) is 14.2 Å². The summed E-state index contributed by atoms with van der Waals surface area (Å²) >= 11 is 0. The maximum absolute atomic E-state index is 12.2. The molecule has 1 aromatic rings. The first-order valence-electron chi connectivity index (χ1n) is 7.06. The summed E-state index contributed by atoms with van der Waals surface area (Å²) in [5.41, 5.74) is -0.0341. The zero-order chi connectivity index (χ0) is 17.6. The van der Waals surface area contributed by atoms with Crippen LogP contribution in [-0.4, -0.2) is 48.4 Å². The third-order valence-corrected chi connectivity index (χ3v) is 2.76. The highest BCUT2D eigenvalue weighted by atomic mass is 16.6. The predicted molar refractivity (Wildman–Crippen MR) is 83.8 cm³/mol. The van der Waals surface area contributed by atoms with Gasteiger partial charge >= 0.3 is 12.1 Å². The molecule has 0 atom stereocenters. The Hall–Kier alpha value is -2.44. The smallest absolute Gasteiger partial charge is 0.411 e. The van der Waals surface area contributed by atoms with Crippen molar-refractivity contribution in [2.45, 2.75) is 32.9 Å². The Labute approximate surface area is 135 Å². The van der Waals surface area contributed by atoms with Gasteiger partial charge in [-0.2, -0.15) is 0 Å². The van der Waals surface area contributed by atoms with E-state index < -0.39 is 24.2 Å². The van der Waals surface area contributed by atoms with E-state index in [-0.39, 0.29) is 6.54 Å². The Bertz CT molecular complexity index is 542. The van der Waals surface area contributed by atoms with Crippen LogP contribution < -0.4 is 9.47 Å². The average molecular weight is 325 g/mol. The van der Waals surface area contributed by atoms with Gasteiger partial charge in [0.2, 0.25) is 0 Å². The molecule has 7 nitrogen and oxygen atoms in total. The van der Waals surface area contributed by atoms with Crippen molar-refractivity contribution in [2.75, 3.05) is 20.8 Å². The number of rotatable bonds is 6. The van der Waals surface area contributed by atoms with Crippen LogP contribution in [0.5, 0.6) is 11.5 Å². The van der Waals surface area contributed by atoms with E-state index >= 15 is 0 Å². The number of carboxylic acid groups (broad SMARTS) is 1. The number of carbonyl (C=O) groups excluding carboxylic acids is 1. The molecule has 0 aliphatic heterocycles. The second kappa shape index (κ2) is 7.71. The number of methoxy groups -OCH3 is 2. The van der Waals surface area contributed by atoms with Gasteiger partial charge in [-0.25, -0.2) is 4.79 Å². The third kappa shape index (κ3) is 6.46. The molecule has 0 heterocycles. The third-order valence-electron chi connectivity index (χ3n) is 2.76. The summed E-state index contributed by atoms with van der Waals surface area (Å²) in [6, 6.07) is 5.11. The van der Waals surface area contributed by atoms with Gasteiger partial charge < -0.3 is 19.3 Å². The Morgan fingerprint density at radius 2 is 1.61 bits per heavy atom. The van der Waals surface area contributed by atoms with Gasteiger partial charge in [0.05, 0.1) is 14.2 Å². The zero-order valence-corrected chi connectivity index (χ0v) is 14.1. The number of ether oxygens (including phenoxy) is 3. The Balaban J connectivity index is 3.01. The number of hydrogen-bond donors (Lipinski definition) is 1. The maximum atomic E-state index is 12.2. The molecule has 0 bridgehead atoms. The molecule has 0 spiro atoms. The lowest BCUT2D eigenvalue weighted by Gasteiger charge is -2.26. The van der Waals surface area contributed by atoms with Crippen LogP contribution in [0.1, 0.15) is 26.3 Å². The van der Waals surface area contributed by atoms with E-state index in [1.54, 1.807) is 39.0 Å². The van der Waals surface area contributed by atoms with Gasteiger partial charge in [0.1, 0.15) is 23.6 Å². The van der Waals surface area contributed by atoms with E-state index in [1.807, 2.05) is 0 Å².